The first-order valence-electron chi connectivity index (χ1n) is 15.2. The normalized spacial score (nSPS) is 16.3. The van der Waals surface area contributed by atoms with E-state index >= 15 is 0 Å². The zero-order valence-corrected chi connectivity index (χ0v) is 26.9. The standard InChI is InChI=1S/C37H34N2O5S2/c40-35-34(46-37(45)39(35)16-15-26-9-12-29(13-10-26)36(41)42)24-27-11-14-33(44-22-19-38-17-20-43-21-18-38)32(23-27)31-8-4-7-30(25-31)28-5-2-1-3-6-28/h1-14,23-25H,15-22H2,(H,41,42). The molecule has 7 nitrogen and oxygen atoms in total. The number of nitrogens with zero attached hydrogens (tertiary/aromatic N) is 2. The van der Waals surface area contributed by atoms with Crippen LogP contribution in [0.5, 0.6) is 5.75 Å². The van der Waals surface area contributed by atoms with Gasteiger partial charge in [0.2, 0.25) is 0 Å². The molecule has 0 unspecified atom stereocenters. The molecule has 0 radical (unpaired) electrons. The van der Waals surface area contributed by atoms with Crippen LogP contribution in [-0.4, -0.2) is 77.1 Å². The lowest BCUT2D eigenvalue weighted by atomic mass is 9.97. The lowest BCUT2D eigenvalue weighted by Gasteiger charge is -2.26. The van der Waals surface area contributed by atoms with E-state index in [2.05, 4.69) is 47.4 Å². The monoisotopic (exact) mass is 650 g/mol. The van der Waals surface area contributed by atoms with Gasteiger partial charge in [-0.3, -0.25) is 14.6 Å². The van der Waals surface area contributed by atoms with Gasteiger partial charge in [0.25, 0.3) is 5.91 Å². The SMILES string of the molecule is O=C(O)c1ccc(CCN2C(=O)C(=Cc3ccc(OCCN4CCOCC4)c(-c4cccc(-c5ccccc5)c4)c3)SC2=S)cc1. The molecule has 9 heteroatoms. The summed E-state index contributed by atoms with van der Waals surface area (Å²) in [6.45, 7) is 5.11. The molecule has 2 aliphatic heterocycles. The van der Waals surface area contributed by atoms with Crippen molar-refractivity contribution in [3.63, 3.8) is 0 Å². The minimum Gasteiger partial charge on any atom is -0.492 e. The number of carboxylic acids is 1. The first kappa shape index (κ1) is 31.7. The van der Waals surface area contributed by atoms with Crippen LogP contribution in [0, 0.1) is 0 Å². The van der Waals surface area contributed by atoms with E-state index in [0.717, 1.165) is 72.0 Å². The zero-order chi connectivity index (χ0) is 31.9. The Morgan fingerprint density at radius 3 is 2.39 bits per heavy atom. The Morgan fingerprint density at radius 1 is 0.891 bits per heavy atom. The molecule has 234 valence electrons. The Kier molecular flexibility index (Phi) is 10.2. The maximum Gasteiger partial charge on any atom is 0.335 e. The van der Waals surface area contributed by atoms with E-state index in [4.69, 9.17) is 26.8 Å². The molecule has 0 aliphatic carbocycles. The number of hydrogen-bond donors (Lipinski definition) is 1. The second-order valence-electron chi connectivity index (χ2n) is 11.1. The Balaban J connectivity index is 1.23. The maximum atomic E-state index is 13.4. The second kappa shape index (κ2) is 14.9. The quantitative estimate of drug-likeness (QED) is 0.139. The highest BCUT2D eigenvalue weighted by atomic mass is 32.2. The number of morpholine rings is 1. The van der Waals surface area contributed by atoms with Crippen LogP contribution in [0.3, 0.4) is 0 Å². The molecule has 0 atom stereocenters. The Morgan fingerprint density at radius 2 is 1.63 bits per heavy atom. The summed E-state index contributed by atoms with van der Waals surface area (Å²) in [5.74, 6) is -0.305. The van der Waals surface area contributed by atoms with Gasteiger partial charge in [-0.15, -0.1) is 0 Å². The predicted molar refractivity (Wildman–Crippen MR) is 187 cm³/mol. The molecule has 1 N–H and O–H groups in total. The van der Waals surface area contributed by atoms with Crippen LogP contribution in [0.2, 0.25) is 0 Å². The van der Waals surface area contributed by atoms with E-state index in [0.29, 0.717) is 28.8 Å². The molecule has 0 bridgehead atoms. The largest absolute Gasteiger partial charge is 0.492 e. The predicted octanol–water partition coefficient (Wildman–Crippen LogP) is 6.87. The smallest absolute Gasteiger partial charge is 0.335 e. The number of ether oxygens (including phenoxy) is 2. The molecular formula is C37H34N2O5S2. The third-order valence-corrected chi connectivity index (χ3v) is 9.43. The Bertz CT molecular complexity index is 1750. The van der Waals surface area contributed by atoms with E-state index in [1.54, 1.807) is 29.2 Å². The lowest BCUT2D eigenvalue weighted by molar-refractivity contribution is -0.122. The average Bonchev–Trinajstić information content (AvgIpc) is 3.36. The molecule has 0 aromatic heterocycles. The Hall–Kier alpha value is -4.28. The fraction of sp³-hybridized carbons (Fsp3) is 0.216. The summed E-state index contributed by atoms with van der Waals surface area (Å²) < 4.78 is 12.4. The molecule has 0 saturated carbocycles. The maximum absolute atomic E-state index is 13.4. The lowest BCUT2D eigenvalue weighted by Crippen LogP contribution is -2.38. The van der Waals surface area contributed by atoms with Gasteiger partial charge < -0.3 is 14.6 Å². The number of benzene rings is 4. The summed E-state index contributed by atoms with van der Waals surface area (Å²) >= 11 is 6.88. The van der Waals surface area contributed by atoms with Crippen molar-refractivity contribution in [2.24, 2.45) is 0 Å². The van der Waals surface area contributed by atoms with Crippen molar-refractivity contribution in [1.29, 1.82) is 0 Å². The molecule has 2 fully saturated rings. The molecule has 4 aromatic rings. The number of rotatable bonds is 11. The molecule has 1 amide bonds. The van der Waals surface area contributed by atoms with Gasteiger partial charge in [0, 0.05) is 31.7 Å². The van der Waals surface area contributed by atoms with Crippen molar-refractivity contribution in [3.8, 4) is 28.0 Å². The molecule has 46 heavy (non-hydrogen) atoms. The van der Waals surface area contributed by atoms with Crippen molar-refractivity contribution in [2.45, 2.75) is 6.42 Å². The van der Waals surface area contributed by atoms with Gasteiger partial charge >= 0.3 is 5.97 Å². The highest BCUT2D eigenvalue weighted by Crippen LogP contribution is 2.37. The number of aromatic carboxylic acids is 1. The first-order chi connectivity index (χ1) is 22.4. The third kappa shape index (κ3) is 7.74. The zero-order valence-electron chi connectivity index (χ0n) is 25.3. The van der Waals surface area contributed by atoms with Gasteiger partial charge in [-0.1, -0.05) is 90.7 Å². The van der Waals surface area contributed by atoms with Crippen LogP contribution in [0.1, 0.15) is 21.5 Å². The van der Waals surface area contributed by atoms with Crippen molar-refractivity contribution < 1.29 is 24.2 Å². The van der Waals surface area contributed by atoms with E-state index in [1.165, 1.54) is 11.8 Å². The molecule has 2 heterocycles. The summed E-state index contributed by atoms with van der Waals surface area (Å²) in [7, 11) is 0. The topological polar surface area (TPSA) is 79.3 Å². The van der Waals surface area contributed by atoms with Crippen LogP contribution >= 0.6 is 24.0 Å². The van der Waals surface area contributed by atoms with Crippen LogP contribution in [-0.2, 0) is 16.0 Å². The van der Waals surface area contributed by atoms with Crippen LogP contribution in [0.15, 0.2) is 102 Å². The third-order valence-electron chi connectivity index (χ3n) is 8.05. The van der Waals surface area contributed by atoms with Gasteiger partial charge in [0.05, 0.1) is 23.7 Å². The van der Waals surface area contributed by atoms with Crippen molar-refractivity contribution >= 4 is 46.3 Å². The number of carbonyl (C=O) groups is 2. The molecule has 2 aliphatic rings. The van der Waals surface area contributed by atoms with Gasteiger partial charge in [-0.2, -0.15) is 0 Å². The summed E-state index contributed by atoms with van der Waals surface area (Å²) in [5.41, 5.74) is 6.28. The number of hydrogen-bond acceptors (Lipinski definition) is 7. The number of carbonyl (C=O) groups excluding carboxylic acids is 1. The number of thiocarbonyl (C=S) groups is 1. The van der Waals surface area contributed by atoms with Gasteiger partial charge in [0.15, 0.2) is 0 Å². The van der Waals surface area contributed by atoms with Gasteiger partial charge in [-0.05, 0) is 70.6 Å². The average molecular weight is 651 g/mol. The summed E-state index contributed by atoms with van der Waals surface area (Å²) in [6, 6.07) is 31.4. The second-order valence-corrected chi connectivity index (χ2v) is 12.8. The number of carboxylic acid groups (broad SMARTS) is 1. The number of thioether (sulfide) groups is 1. The fourth-order valence-corrected chi connectivity index (χ4v) is 6.80. The first-order valence-corrected chi connectivity index (χ1v) is 16.5. The van der Waals surface area contributed by atoms with E-state index in [-0.39, 0.29) is 11.5 Å². The van der Waals surface area contributed by atoms with Crippen LogP contribution in [0.25, 0.3) is 28.3 Å². The molecule has 4 aromatic carbocycles. The van der Waals surface area contributed by atoms with E-state index in [9.17, 15) is 9.59 Å². The molecule has 0 spiro atoms. The highest BCUT2D eigenvalue weighted by Gasteiger charge is 2.31. The summed E-state index contributed by atoms with van der Waals surface area (Å²) in [5, 5.41) is 9.15. The van der Waals surface area contributed by atoms with Gasteiger partial charge in [0.1, 0.15) is 16.7 Å². The minimum atomic E-state index is -0.965. The van der Waals surface area contributed by atoms with E-state index in [1.807, 2.05) is 36.4 Å². The highest BCUT2D eigenvalue weighted by molar-refractivity contribution is 8.26. The van der Waals surface area contributed by atoms with E-state index < -0.39 is 5.97 Å². The van der Waals surface area contributed by atoms with Crippen molar-refractivity contribution in [1.82, 2.24) is 9.80 Å². The van der Waals surface area contributed by atoms with Crippen molar-refractivity contribution in [2.75, 3.05) is 46.0 Å². The summed E-state index contributed by atoms with van der Waals surface area (Å²) in [6.07, 6.45) is 2.46. The number of amides is 1. The van der Waals surface area contributed by atoms with Crippen molar-refractivity contribution in [3.05, 3.63) is 119 Å². The minimum absolute atomic E-state index is 0.129. The summed E-state index contributed by atoms with van der Waals surface area (Å²) in [4.78, 5) is 29.1. The molecule has 2 saturated heterocycles. The molecule has 6 rings (SSSR count). The Labute approximate surface area is 278 Å². The van der Waals surface area contributed by atoms with Crippen LogP contribution < -0.4 is 4.74 Å². The van der Waals surface area contributed by atoms with Crippen LogP contribution in [0.4, 0.5) is 0 Å². The fourth-order valence-electron chi connectivity index (χ4n) is 5.49. The van der Waals surface area contributed by atoms with Gasteiger partial charge in [-0.25, -0.2) is 4.79 Å². The molecular weight excluding hydrogens is 617 g/mol.